The van der Waals surface area contributed by atoms with E-state index >= 15 is 0 Å². The van der Waals surface area contributed by atoms with Gasteiger partial charge in [0, 0.05) is 35.8 Å². The molecular formula is C24H20F3N5O3. The Hall–Kier alpha value is -4.38. The lowest BCUT2D eigenvalue weighted by Gasteiger charge is -2.15. The number of nitrogens with one attached hydrogen (secondary N) is 3. The summed E-state index contributed by atoms with van der Waals surface area (Å²) in [6.45, 7) is 0.0172. The number of carbonyl (C=O) groups is 2. The largest absolute Gasteiger partial charge is 0.416 e. The van der Waals surface area contributed by atoms with E-state index in [1.807, 2.05) is 0 Å². The van der Waals surface area contributed by atoms with Gasteiger partial charge in [-0.3, -0.25) is 9.78 Å². The van der Waals surface area contributed by atoms with Crippen molar-refractivity contribution in [3.8, 4) is 11.1 Å². The summed E-state index contributed by atoms with van der Waals surface area (Å²) in [5.41, 5.74) is 7.93. The number of benzene rings is 2. The van der Waals surface area contributed by atoms with E-state index in [9.17, 15) is 22.8 Å². The van der Waals surface area contributed by atoms with E-state index in [0.717, 1.165) is 12.1 Å². The maximum Gasteiger partial charge on any atom is 0.416 e. The van der Waals surface area contributed by atoms with Gasteiger partial charge in [0.25, 0.3) is 5.91 Å². The summed E-state index contributed by atoms with van der Waals surface area (Å²) in [7, 11) is 1.40. The van der Waals surface area contributed by atoms with E-state index in [-0.39, 0.29) is 18.0 Å². The Labute approximate surface area is 197 Å². The van der Waals surface area contributed by atoms with Crippen molar-refractivity contribution in [2.45, 2.75) is 12.8 Å². The molecule has 4 aromatic rings. The van der Waals surface area contributed by atoms with Crippen molar-refractivity contribution in [1.82, 2.24) is 9.97 Å². The molecule has 5 N–H and O–H groups in total. The highest BCUT2D eigenvalue weighted by Crippen LogP contribution is 2.33. The summed E-state index contributed by atoms with van der Waals surface area (Å²) in [6.07, 6.45) is -2.97. The molecule has 0 radical (unpaired) electrons. The number of aromatic amines is 1. The Morgan fingerprint density at radius 3 is 2.49 bits per heavy atom. The predicted molar refractivity (Wildman–Crippen MR) is 125 cm³/mol. The number of methoxy groups -OCH3 is 1. The number of hydrogen-bond donors (Lipinski definition) is 4. The number of H-pyrrole nitrogens is 1. The van der Waals surface area contributed by atoms with Gasteiger partial charge in [0.1, 0.15) is 5.69 Å². The molecule has 0 bridgehead atoms. The van der Waals surface area contributed by atoms with Crippen LogP contribution in [0.4, 0.5) is 29.3 Å². The fourth-order valence-corrected chi connectivity index (χ4v) is 3.64. The zero-order valence-corrected chi connectivity index (χ0v) is 18.4. The lowest BCUT2D eigenvalue weighted by molar-refractivity contribution is -0.137. The molecule has 0 fully saturated rings. The smallest absolute Gasteiger partial charge is 0.380 e. The van der Waals surface area contributed by atoms with Crippen LogP contribution in [0.15, 0.2) is 60.8 Å². The van der Waals surface area contributed by atoms with Gasteiger partial charge in [-0.15, -0.1) is 0 Å². The summed E-state index contributed by atoms with van der Waals surface area (Å²) < 4.78 is 44.3. The van der Waals surface area contributed by atoms with Gasteiger partial charge in [-0.1, -0.05) is 18.2 Å². The number of carbonyl (C=O) groups excluding carboxylic acids is 2. The fourth-order valence-electron chi connectivity index (χ4n) is 3.64. The van der Waals surface area contributed by atoms with E-state index in [1.54, 1.807) is 42.6 Å². The number of fused-ring (bicyclic) bond motifs is 1. The first kappa shape index (κ1) is 23.8. The van der Waals surface area contributed by atoms with Gasteiger partial charge in [0.15, 0.2) is 0 Å². The lowest BCUT2D eigenvalue weighted by Crippen LogP contribution is -2.21. The topological polar surface area (TPSA) is 122 Å². The van der Waals surface area contributed by atoms with Crippen LogP contribution in [0.1, 0.15) is 21.6 Å². The maximum atomic E-state index is 13.1. The first-order valence-electron chi connectivity index (χ1n) is 10.3. The molecule has 3 amide bonds. The Bertz CT molecular complexity index is 1400. The molecule has 2 aromatic heterocycles. The number of anilines is 2. The van der Waals surface area contributed by atoms with Gasteiger partial charge in [0.2, 0.25) is 0 Å². The number of nitrogens with zero attached hydrogens (tertiary/aromatic N) is 1. The number of rotatable bonds is 6. The Morgan fingerprint density at radius 2 is 1.83 bits per heavy atom. The van der Waals surface area contributed by atoms with Crippen molar-refractivity contribution in [2.24, 2.45) is 5.73 Å². The average Bonchev–Trinajstić information content (AvgIpc) is 3.20. The Kier molecular flexibility index (Phi) is 6.43. The molecule has 2 heterocycles. The number of alkyl halides is 3. The maximum absolute atomic E-state index is 13.1. The van der Waals surface area contributed by atoms with Crippen LogP contribution in [0.2, 0.25) is 0 Å². The van der Waals surface area contributed by atoms with Crippen molar-refractivity contribution in [3.63, 3.8) is 0 Å². The predicted octanol–water partition coefficient (Wildman–Crippen LogP) is 5.14. The van der Waals surface area contributed by atoms with E-state index in [1.165, 1.54) is 13.2 Å². The number of urea groups is 1. The molecule has 0 saturated heterocycles. The minimum absolute atomic E-state index is 0.0172. The van der Waals surface area contributed by atoms with E-state index in [2.05, 4.69) is 20.6 Å². The number of halogens is 3. The molecule has 0 aliphatic carbocycles. The summed E-state index contributed by atoms with van der Waals surface area (Å²) >= 11 is 0. The third kappa shape index (κ3) is 5.09. The molecule has 0 aliphatic heterocycles. The molecule has 0 saturated carbocycles. The van der Waals surface area contributed by atoms with Gasteiger partial charge in [-0.05, 0) is 42.0 Å². The number of pyridine rings is 1. The zero-order chi connectivity index (χ0) is 25.2. The number of primary amides is 1. The number of amides is 3. The fraction of sp³-hybridized carbons (Fsp3) is 0.125. The second-order valence-electron chi connectivity index (χ2n) is 7.60. The summed E-state index contributed by atoms with van der Waals surface area (Å²) in [6, 6.07) is 12.3. The van der Waals surface area contributed by atoms with Gasteiger partial charge in [-0.2, -0.15) is 13.2 Å². The van der Waals surface area contributed by atoms with Gasteiger partial charge in [0.05, 0.1) is 23.2 Å². The molecule has 0 spiro atoms. The van der Waals surface area contributed by atoms with Gasteiger partial charge >= 0.3 is 12.2 Å². The Balaban J connectivity index is 1.56. The molecule has 11 heteroatoms. The van der Waals surface area contributed by atoms with Crippen LogP contribution in [0.25, 0.3) is 22.2 Å². The minimum atomic E-state index is -4.56. The monoisotopic (exact) mass is 483 g/mol. The standard InChI is InChI=1S/C24H20F3N5O3/c1-35-12-14-4-7-15(24(25,26)27)11-18(14)32-23(34)30-16-8-5-13(6-9-16)19-20-17(3-2-10-29-20)31-21(19)22(28)33/h2-11,31H,12H2,1H3,(H2,28,33)(H2,30,32,34). The summed E-state index contributed by atoms with van der Waals surface area (Å²) in [5.74, 6) is -0.646. The highest BCUT2D eigenvalue weighted by molar-refractivity contribution is 6.08. The zero-order valence-electron chi connectivity index (χ0n) is 18.4. The summed E-state index contributed by atoms with van der Waals surface area (Å²) in [5, 5.41) is 5.02. The first-order chi connectivity index (χ1) is 16.7. The molecule has 0 atom stereocenters. The second-order valence-corrected chi connectivity index (χ2v) is 7.60. The van der Waals surface area contributed by atoms with Crippen LogP contribution in [0.3, 0.4) is 0 Å². The molecule has 0 unspecified atom stereocenters. The van der Waals surface area contributed by atoms with Crippen molar-refractivity contribution in [1.29, 1.82) is 0 Å². The number of aromatic nitrogens is 2. The number of ether oxygens (including phenoxy) is 1. The highest BCUT2D eigenvalue weighted by Gasteiger charge is 2.31. The molecule has 4 rings (SSSR count). The molecule has 8 nitrogen and oxygen atoms in total. The first-order valence-corrected chi connectivity index (χ1v) is 10.3. The normalized spacial score (nSPS) is 11.4. The van der Waals surface area contributed by atoms with Gasteiger partial charge in [-0.25, -0.2) is 4.79 Å². The van der Waals surface area contributed by atoms with Gasteiger partial charge < -0.3 is 26.1 Å². The Morgan fingerprint density at radius 1 is 1.09 bits per heavy atom. The van der Waals surface area contributed by atoms with Crippen molar-refractivity contribution in [2.75, 3.05) is 17.7 Å². The number of nitrogens with two attached hydrogens (primary N) is 1. The van der Waals surface area contributed by atoms with Crippen LogP contribution in [0, 0.1) is 0 Å². The molecule has 0 aliphatic rings. The molecule has 2 aromatic carbocycles. The second kappa shape index (κ2) is 9.47. The quantitative estimate of drug-likeness (QED) is 0.303. The average molecular weight is 483 g/mol. The molecule has 35 heavy (non-hydrogen) atoms. The van der Waals surface area contributed by atoms with Crippen LogP contribution in [0.5, 0.6) is 0 Å². The van der Waals surface area contributed by atoms with Crippen LogP contribution < -0.4 is 16.4 Å². The van der Waals surface area contributed by atoms with Crippen LogP contribution in [-0.2, 0) is 17.5 Å². The van der Waals surface area contributed by atoms with E-state index < -0.39 is 23.7 Å². The lowest BCUT2D eigenvalue weighted by atomic mass is 10.0. The summed E-state index contributed by atoms with van der Waals surface area (Å²) in [4.78, 5) is 31.7. The molecular weight excluding hydrogens is 463 g/mol. The third-order valence-electron chi connectivity index (χ3n) is 5.22. The van der Waals surface area contributed by atoms with E-state index in [4.69, 9.17) is 10.5 Å². The highest BCUT2D eigenvalue weighted by atomic mass is 19.4. The molecule has 180 valence electrons. The number of hydrogen-bond acceptors (Lipinski definition) is 4. The SMILES string of the molecule is COCc1ccc(C(F)(F)F)cc1NC(=O)Nc1ccc(-c2c(C(N)=O)[nH]c3cccnc23)cc1. The third-order valence-corrected chi connectivity index (χ3v) is 5.22. The van der Waals surface area contributed by atoms with Crippen molar-refractivity contribution >= 4 is 34.3 Å². The minimum Gasteiger partial charge on any atom is -0.380 e. The van der Waals surface area contributed by atoms with Crippen molar-refractivity contribution < 1.29 is 27.5 Å². The van der Waals surface area contributed by atoms with Crippen LogP contribution >= 0.6 is 0 Å². The van der Waals surface area contributed by atoms with E-state index in [0.29, 0.717) is 33.4 Å². The van der Waals surface area contributed by atoms with Crippen LogP contribution in [-0.4, -0.2) is 29.0 Å². The van der Waals surface area contributed by atoms with Crippen molar-refractivity contribution in [3.05, 3.63) is 77.6 Å².